The van der Waals surface area contributed by atoms with E-state index in [-0.39, 0.29) is 0 Å². The molecule has 5 nitrogen and oxygen atoms in total. The smallest absolute Gasteiger partial charge is 0.197 e. The molecular weight excluding hydrogens is 252 g/mol. The van der Waals surface area contributed by atoms with Gasteiger partial charge in [0.05, 0.1) is 5.69 Å². The number of fused-ring (bicyclic) bond motifs is 1. The van der Waals surface area contributed by atoms with Gasteiger partial charge in [-0.05, 0) is 25.0 Å². The number of benzene rings is 1. The van der Waals surface area contributed by atoms with Gasteiger partial charge >= 0.3 is 0 Å². The number of aromatic nitrogens is 4. The Morgan fingerprint density at radius 2 is 2.00 bits per heavy atom. The summed E-state index contributed by atoms with van der Waals surface area (Å²) in [7, 11) is 0. The lowest BCUT2D eigenvalue weighted by Gasteiger charge is -2.19. The van der Waals surface area contributed by atoms with E-state index in [9.17, 15) is 0 Å². The molecule has 0 radical (unpaired) electrons. The van der Waals surface area contributed by atoms with Crippen molar-refractivity contribution >= 4 is 10.9 Å². The molecule has 2 N–H and O–H groups in total. The topological polar surface area (TPSA) is 66.6 Å². The molecule has 2 aromatic heterocycles. The van der Waals surface area contributed by atoms with Crippen molar-refractivity contribution in [1.29, 1.82) is 0 Å². The number of H-pyrrole nitrogens is 2. The van der Waals surface area contributed by atoms with Crippen molar-refractivity contribution in [2.45, 2.75) is 18.8 Å². The summed E-state index contributed by atoms with van der Waals surface area (Å²) in [5.41, 5.74) is 2.07. The molecule has 5 heteroatoms. The summed E-state index contributed by atoms with van der Waals surface area (Å²) in [4.78, 5) is 8.00. The van der Waals surface area contributed by atoms with E-state index in [1.807, 2.05) is 12.1 Å². The number of rotatable bonds is 2. The van der Waals surface area contributed by atoms with Crippen molar-refractivity contribution in [3.63, 3.8) is 0 Å². The fourth-order valence-corrected chi connectivity index (χ4v) is 2.74. The summed E-state index contributed by atoms with van der Waals surface area (Å²) in [5, 5.41) is 8.61. The van der Waals surface area contributed by atoms with Crippen LogP contribution in [0.1, 0.15) is 24.6 Å². The average molecular weight is 268 g/mol. The monoisotopic (exact) mass is 268 g/mol. The molecule has 4 rings (SSSR count). The van der Waals surface area contributed by atoms with E-state index < -0.39 is 0 Å². The Balaban J connectivity index is 1.66. The van der Waals surface area contributed by atoms with Gasteiger partial charge in [0.2, 0.25) is 0 Å². The number of aromatic amines is 2. The largest absolute Gasteiger partial charge is 0.381 e. The quantitative estimate of drug-likeness (QED) is 0.751. The number of para-hydroxylation sites is 1. The first-order chi connectivity index (χ1) is 9.90. The Morgan fingerprint density at radius 1 is 1.15 bits per heavy atom. The van der Waals surface area contributed by atoms with E-state index in [1.165, 1.54) is 5.39 Å². The highest BCUT2D eigenvalue weighted by Crippen LogP contribution is 2.26. The van der Waals surface area contributed by atoms with Crippen molar-refractivity contribution in [3.05, 3.63) is 36.2 Å². The molecule has 20 heavy (non-hydrogen) atoms. The summed E-state index contributed by atoms with van der Waals surface area (Å²) in [5.74, 6) is 2.15. The van der Waals surface area contributed by atoms with Crippen molar-refractivity contribution in [2.75, 3.05) is 13.2 Å². The maximum atomic E-state index is 5.38. The van der Waals surface area contributed by atoms with Crippen LogP contribution in [0.2, 0.25) is 0 Å². The van der Waals surface area contributed by atoms with Crippen LogP contribution in [0.15, 0.2) is 30.3 Å². The molecule has 0 unspecified atom stereocenters. The number of ether oxygens (including phenoxy) is 1. The first-order valence-electron chi connectivity index (χ1n) is 6.98. The molecule has 1 saturated heterocycles. The summed E-state index contributed by atoms with van der Waals surface area (Å²) in [6.07, 6.45) is 2.03. The zero-order chi connectivity index (χ0) is 13.4. The van der Waals surface area contributed by atoms with Gasteiger partial charge in [-0.3, -0.25) is 5.10 Å². The third-order valence-corrected chi connectivity index (χ3v) is 3.88. The minimum atomic E-state index is 0.439. The van der Waals surface area contributed by atoms with Crippen LogP contribution in [-0.4, -0.2) is 33.4 Å². The molecule has 3 heterocycles. The molecule has 1 aliphatic heterocycles. The molecule has 0 bridgehead atoms. The standard InChI is InChI=1S/C15H16N4O/c1-2-4-12-11(3-1)9-13(16-12)15-17-14(18-19-15)10-5-7-20-8-6-10/h1-4,9-10,16H,5-8H2,(H,17,18,19). The summed E-state index contributed by atoms with van der Waals surface area (Å²) in [6.45, 7) is 1.63. The van der Waals surface area contributed by atoms with Crippen LogP contribution in [0.3, 0.4) is 0 Å². The van der Waals surface area contributed by atoms with Crippen molar-refractivity contribution in [3.8, 4) is 11.5 Å². The first-order valence-corrected chi connectivity index (χ1v) is 6.98. The van der Waals surface area contributed by atoms with Crippen LogP contribution in [0.5, 0.6) is 0 Å². The molecule has 0 spiro atoms. The van der Waals surface area contributed by atoms with E-state index in [1.54, 1.807) is 0 Å². The van der Waals surface area contributed by atoms with Gasteiger partial charge in [0.25, 0.3) is 0 Å². The van der Waals surface area contributed by atoms with E-state index in [4.69, 9.17) is 4.74 Å². The summed E-state index contributed by atoms with van der Waals surface area (Å²) in [6, 6.07) is 10.3. The predicted molar refractivity (Wildman–Crippen MR) is 76.5 cm³/mol. The van der Waals surface area contributed by atoms with Gasteiger partial charge in [0.1, 0.15) is 5.82 Å². The van der Waals surface area contributed by atoms with E-state index in [0.29, 0.717) is 5.92 Å². The van der Waals surface area contributed by atoms with Crippen LogP contribution in [0, 0.1) is 0 Å². The zero-order valence-electron chi connectivity index (χ0n) is 11.1. The fourth-order valence-electron chi connectivity index (χ4n) is 2.74. The molecule has 0 atom stereocenters. The predicted octanol–water partition coefficient (Wildman–Crippen LogP) is 2.85. The van der Waals surface area contributed by atoms with Crippen molar-refractivity contribution in [2.24, 2.45) is 0 Å². The molecule has 0 saturated carbocycles. The maximum absolute atomic E-state index is 5.38. The highest BCUT2D eigenvalue weighted by molar-refractivity contribution is 5.84. The Morgan fingerprint density at radius 3 is 2.85 bits per heavy atom. The molecule has 0 aliphatic carbocycles. The number of nitrogens with one attached hydrogen (secondary N) is 2. The third-order valence-electron chi connectivity index (χ3n) is 3.88. The molecular formula is C15H16N4O. The molecule has 0 amide bonds. The second-order valence-electron chi connectivity index (χ2n) is 5.20. The van der Waals surface area contributed by atoms with E-state index in [2.05, 4.69) is 38.4 Å². The van der Waals surface area contributed by atoms with Gasteiger partial charge < -0.3 is 9.72 Å². The zero-order valence-corrected chi connectivity index (χ0v) is 11.1. The first kappa shape index (κ1) is 11.7. The van der Waals surface area contributed by atoms with Gasteiger partial charge in [-0.2, -0.15) is 5.10 Å². The molecule has 1 aliphatic rings. The number of hydrogen-bond acceptors (Lipinski definition) is 3. The fraction of sp³-hybridized carbons (Fsp3) is 0.333. The van der Waals surface area contributed by atoms with E-state index >= 15 is 0 Å². The summed E-state index contributed by atoms with van der Waals surface area (Å²) >= 11 is 0. The molecule has 3 aromatic rings. The van der Waals surface area contributed by atoms with Gasteiger partial charge in [0, 0.05) is 30.0 Å². The Bertz CT molecular complexity index is 691. The second-order valence-corrected chi connectivity index (χ2v) is 5.20. The lowest BCUT2D eigenvalue weighted by Crippen LogP contribution is -2.15. The average Bonchev–Trinajstić information content (AvgIpc) is 3.14. The second kappa shape index (κ2) is 4.76. The number of nitrogens with zero attached hydrogens (tertiary/aromatic N) is 2. The Labute approximate surface area is 116 Å². The van der Waals surface area contributed by atoms with Gasteiger partial charge in [0.15, 0.2) is 5.82 Å². The lowest BCUT2D eigenvalue weighted by molar-refractivity contribution is 0.0836. The van der Waals surface area contributed by atoms with Gasteiger partial charge in [-0.1, -0.05) is 18.2 Å². The van der Waals surface area contributed by atoms with Gasteiger partial charge in [-0.15, -0.1) is 0 Å². The lowest BCUT2D eigenvalue weighted by atomic mass is 10.00. The third kappa shape index (κ3) is 2.00. The highest BCUT2D eigenvalue weighted by Gasteiger charge is 2.20. The van der Waals surface area contributed by atoms with Gasteiger partial charge in [-0.25, -0.2) is 4.98 Å². The molecule has 102 valence electrons. The van der Waals surface area contributed by atoms with Crippen molar-refractivity contribution < 1.29 is 4.74 Å². The summed E-state index contributed by atoms with van der Waals surface area (Å²) < 4.78 is 5.38. The minimum Gasteiger partial charge on any atom is -0.381 e. The van der Waals surface area contributed by atoms with Crippen LogP contribution in [0.4, 0.5) is 0 Å². The molecule has 1 fully saturated rings. The Hall–Kier alpha value is -2.14. The maximum Gasteiger partial charge on any atom is 0.197 e. The highest BCUT2D eigenvalue weighted by atomic mass is 16.5. The normalized spacial score (nSPS) is 16.8. The van der Waals surface area contributed by atoms with Crippen LogP contribution >= 0.6 is 0 Å². The SMILES string of the molecule is c1ccc2[nH]c(-c3n[nH]c(C4CCOCC4)n3)cc2c1. The van der Waals surface area contributed by atoms with Crippen molar-refractivity contribution in [1.82, 2.24) is 20.2 Å². The Kier molecular flexibility index (Phi) is 2.77. The van der Waals surface area contributed by atoms with E-state index in [0.717, 1.165) is 48.9 Å². The minimum absolute atomic E-state index is 0.439. The number of hydrogen-bond donors (Lipinski definition) is 2. The van der Waals surface area contributed by atoms with Crippen LogP contribution in [0.25, 0.3) is 22.4 Å². The molecule has 1 aromatic carbocycles. The van der Waals surface area contributed by atoms with Crippen LogP contribution < -0.4 is 0 Å². The van der Waals surface area contributed by atoms with Crippen LogP contribution in [-0.2, 0) is 4.74 Å².